The van der Waals surface area contributed by atoms with Crippen LogP contribution in [-0.4, -0.2) is 39.8 Å². The molecular formula is C7H11ClF2N4O. The van der Waals surface area contributed by atoms with Crippen LogP contribution in [-0.2, 0) is 11.3 Å². The van der Waals surface area contributed by atoms with Gasteiger partial charge < -0.3 is 4.74 Å². The summed E-state index contributed by atoms with van der Waals surface area (Å²) in [6.45, 7) is 1.59. The first kappa shape index (κ1) is 12.3. The van der Waals surface area contributed by atoms with E-state index < -0.39 is 13.0 Å². The molecule has 1 aromatic rings. The molecule has 15 heavy (non-hydrogen) atoms. The van der Waals surface area contributed by atoms with Crippen LogP contribution in [0.25, 0.3) is 0 Å². The molecule has 0 aliphatic rings. The van der Waals surface area contributed by atoms with Crippen LogP contribution in [0.4, 0.5) is 8.78 Å². The van der Waals surface area contributed by atoms with Crippen LogP contribution in [0, 0.1) is 0 Å². The second-order valence-electron chi connectivity index (χ2n) is 2.84. The molecule has 0 aromatic carbocycles. The number of hydrogen-bond donors (Lipinski definition) is 0. The molecule has 1 heterocycles. The van der Waals surface area contributed by atoms with Gasteiger partial charge in [0.1, 0.15) is 6.61 Å². The van der Waals surface area contributed by atoms with E-state index >= 15 is 0 Å². The van der Waals surface area contributed by atoms with Crippen molar-refractivity contribution in [3.63, 3.8) is 0 Å². The van der Waals surface area contributed by atoms with Crippen molar-refractivity contribution in [1.82, 2.24) is 20.2 Å². The summed E-state index contributed by atoms with van der Waals surface area (Å²) in [6, 6.07) is 0. The lowest BCUT2D eigenvalue weighted by Gasteiger charge is -2.06. The quantitative estimate of drug-likeness (QED) is 0.555. The van der Waals surface area contributed by atoms with Gasteiger partial charge in [0.05, 0.1) is 18.5 Å². The Bertz CT molecular complexity index is 294. The average Bonchev–Trinajstić information content (AvgIpc) is 2.60. The Labute approximate surface area is 90.4 Å². The van der Waals surface area contributed by atoms with Crippen molar-refractivity contribution < 1.29 is 13.5 Å². The standard InChI is InChI=1S/C7H11ClF2N4O/c1-5(8)7-11-12-13-14(7)2-3-15-4-6(9)10/h5-6H,2-4H2,1H3. The molecule has 8 heteroatoms. The SMILES string of the molecule is CC(Cl)c1nnnn1CCOCC(F)F. The largest absolute Gasteiger partial charge is 0.374 e. The van der Waals surface area contributed by atoms with Gasteiger partial charge in [0.25, 0.3) is 6.43 Å². The van der Waals surface area contributed by atoms with Crippen LogP contribution in [0.2, 0.25) is 0 Å². The lowest BCUT2D eigenvalue weighted by Crippen LogP contribution is -2.14. The summed E-state index contributed by atoms with van der Waals surface area (Å²) in [7, 11) is 0. The summed E-state index contributed by atoms with van der Waals surface area (Å²) >= 11 is 5.79. The van der Waals surface area contributed by atoms with E-state index in [4.69, 9.17) is 16.3 Å². The second kappa shape index (κ2) is 5.92. The normalized spacial score (nSPS) is 13.4. The molecule has 0 aliphatic heterocycles. The zero-order chi connectivity index (χ0) is 11.3. The predicted molar refractivity (Wildman–Crippen MR) is 48.9 cm³/mol. The highest BCUT2D eigenvalue weighted by molar-refractivity contribution is 6.20. The van der Waals surface area contributed by atoms with Crippen molar-refractivity contribution in [3.05, 3.63) is 5.82 Å². The molecule has 86 valence electrons. The molecule has 1 unspecified atom stereocenters. The average molecular weight is 241 g/mol. The third-order valence-corrected chi connectivity index (χ3v) is 1.80. The highest BCUT2D eigenvalue weighted by Gasteiger charge is 2.11. The predicted octanol–water partition coefficient (Wildman–Crippen LogP) is 1.25. The van der Waals surface area contributed by atoms with Crippen LogP contribution in [0.1, 0.15) is 18.1 Å². The number of tetrazole rings is 1. The zero-order valence-corrected chi connectivity index (χ0v) is 8.86. The summed E-state index contributed by atoms with van der Waals surface area (Å²) in [5.41, 5.74) is 0. The summed E-state index contributed by atoms with van der Waals surface area (Å²) < 4.78 is 29.6. The van der Waals surface area contributed by atoms with Gasteiger partial charge in [-0.2, -0.15) is 0 Å². The summed E-state index contributed by atoms with van der Waals surface area (Å²) in [5.74, 6) is 0.498. The fourth-order valence-electron chi connectivity index (χ4n) is 0.979. The summed E-state index contributed by atoms with van der Waals surface area (Å²) in [5, 5.41) is 10.5. The molecule has 1 rings (SSSR count). The summed E-state index contributed by atoms with van der Waals surface area (Å²) in [6.07, 6.45) is -2.45. The van der Waals surface area contributed by atoms with E-state index in [-0.39, 0.29) is 12.0 Å². The van der Waals surface area contributed by atoms with Gasteiger partial charge in [0.15, 0.2) is 5.82 Å². The van der Waals surface area contributed by atoms with Crippen molar-refractivity contribution in [2.75, 3.05) is 13.2 Å². The monoisotopic (exact) mass is 240 g/mol. The molecule has 0 fully saturated rings. The van der Waals surface area contributed by atoms with E-state index in [0.29, 0.717) is 12.4 Å². The highest BCUT2D eigenvalue weighted by atomic mass is 35.5. The van der Waals surface area contributed by atoms with Crippen LogP contribution in [0.15, 0.2) is 0 Å². The minimum absolute atomic E-state index is 0.131. The molecule has 0 saturated carbocycles. The van der Waals surface area contributed by atoms with Crippen molar-refractivity contribution in [3.8, 4) is 0 Å². The molecule has 0 aliphatic carbocycles. The molecule has 0 saturated heterocycles. The minimum atomic E-state index is -2.45. The molecule has 5 nitrogen and oxygen atoms in total. The number of ether oxygens (including phenoxy) is 1. The Morgan fingerprint density at radius 2 is 2.27 bits per heavy atom. The molecule has 0 amide bonds. The number of nitrogens with zero attached hydrogens (tertiary/aromatic N) is 4. The van der Waals surface area contributed by atoms with Crippen LogP contribution in [0.3, 0.4) is 0 Å². The number of halogens is 3. The van der Waals surface area contributed by atoms with Gasteiger partial charge in [0.2, 0.25) is 0 Å². The zero-order valence-electron chi connectivity index (χ0n) is 8.11. The Morgan fingerprint density at radius 1 is 1.53 bits per heavy atom. The first-order valence-corrected chi connectivity index (χ1v) is 4.81. The Hall–Kier alpha value is -0.820. The molecule has 0 spiro atoms. The van der Waals surface area contributed by atoms with E-state index in [9.17, 15) is 8.78 Å². The first-order chi connectivity index (χ1) is 7.11. The van der Waals surface area contributed by atoms with E-state index in [2.05, 4.69) is 15.5 Å². The van der Waals surface area contributed by atoms with Crippen molar-refractivity contribution >= 4 is 11.6 Å². The Morgan fingerprint density at radius 3 is 2.87 bits per heavy atom. The lowest BCUT2D eigenvalue weighted by atomic mass is 10.4. The van der Waals surface area contributed by atoms with Crippen molar-refractivity contribution in [2.24, 2.45) is 0 Å². The maximum atomic E-state index is 11.7. The molecule has 1 aromatic heterocycles. The number of rotatable bonds is 6. The Balaban J connectivity index is 2.34. The molecule has 0 bridgehead atoms. The van der Waals surface area contributed by atoms with Gasteiger partial charge in [-0.3, -0.25) is 0 Å². The van der Waals surface area contributed by atoms with Crippen LogP contribution >= 0.6 is 11.6 Å². The maximum Gasteiger partial charge on any atom is 0.261 e. The van der Waals surface area contributed by atoms with Crippen LogP contribution in [0.5, 0.6) is 0 Å². The summed E-state index contributed by atoms with van der Waals surface area (Å²) in [4.78, 5) is 0. The smallest absolute Gasteiger partial charge is 0.261 e. The van der Waals surface area contributed by atoms with Crippen molar-refractivity contribution in [1.29, 1.82) is 0 Å². The van der Waals surface area contributed by atoms with Gasteiger partial charge in [-0.05, 0) is 17.4 Å². The number of hydrogen-bond acceptors (Lipinski definition) is 4. The fraction of sp³-hybridized carbons (Fsp3) is 0.857. The minimum Gasteiger partial charge on any atom is -0.374 e. The van der Waals surface area contributed by atoms with Gasteiger partial charge in [-0.1, -0.05) is 0 Å². The maximum absolute atomic E-state index is 11.7. The van der Waals surface area contributed by atoms with Gasteiger partial charge >= 0.3 is 0 Å². The highest BCUT2D eigenvalue weighted by Crippen LogP contribution is 2.14. The molecule has 1 atom stereocenters. The van der Waals surface area contributed by atoms with Gasteiger partial charge in [0, 0.05) is 0 Å². The Kier molecular flexibility index (Phi) is 4.83. The topological polar surface area (TPSA) is 52.8 Å². The van der Waals surface area contributed by atoms with Gasteiger partial charge in [-0.25, -0.2) is 13.5 Å². The van der Waals surface area contributed by atoms with E-state index in [1.54, 1.807) is 6.92 Å². The van der Waals surface area contributed by atoms with E-state index in [1.165, 1.54) is 4.68 Å². The lowest BCUT2D eigenvalue weighted by molar-refractivity contribution is 0.0137. The van der Waals surface area contributed by atoms with Gasteiger partial charge in [-0.15, -0.1) is 16.7 Å². The number of aromatic nitrogens is 4. The first-order valence-electron chi connectivity index (χ1n) is 4.37. The van der Waals surface area contributed by atoms with Crippen LogP contribution < -0.4 is 0 Å². The second-order valence-corrected chi connectivity index (χ2v) is 3.50. The van der Waals surface area contributed by atoms with E-state index in [1.807, 2.05) is 0 Å². The van der Waals surface area contributed by atoms with E-state index in [0.717, 1.165) is 0 Å². The molecule has 0 N–H and O–H groups in total. The fourth-order valence-corrected chi connectivity index (χ4v) is 1.14. The third kappa shape index (κ3) is 4.05. The number of alkyl halides is 3. The molecular weight excluding hydrogens is 230 g/mol. The molecule has 0 radical (unpaired) electrons. The third-order valence-electron chi connectivity index (χ3n) is 1.61. The van der Waals surface area contributed by atoms with Crippen molar-refractivity contribution in [2.45, 2.75) is 25.3 Å².